The van der Waals surface area contributed by atoms with Gasteiger partial charge in [0, 0.05) is 0 Å². The zero-order valence-electron chi connectivity index (χ0n) is 8.18. The van der Waals surface area contributed by atoms with Crippen molar-refractivity contribution in [3.05, 3.63) is 27.8 Å². The number of non-ortho nitro benzene ring substituents is 1. The van der Waals surface area contributed by atoms with Gasteiger partial charge < -0.3 is 9.47 Å². The fourth-order valence-electron chi connectivity index (χ4n) is 1.11. The van der Waals surface area contributed by atoms with Gasteiger partial charge in [-0.1, -0.05) is 0 Å². The van der Waals surface area contributed by atoms with Crippen molar-refractivity contribution >= 4 is 5.69 Å². The smallest absolute Gasteiger partial charge is 0.276 e. The lowest BCUT2D eigenvalue weighted by molar-refractivity contribution is -0.385. The van der Waals surface area contributed by atoms with E-state index in [1.165, 1.54) is 26.4 Å². The van der Waals surface area contributed by atoms with Crippen molar-refractivity contribution in [2.24, 2.45) is 0 Å². The third-order valence-electron chi connectivity index (χ3n) is 1.81. The van der Waals surface area contributed by atoms with Crippen molar-refractivity contribution in [2.45, 2.75) is 0 Å². The van der Waals surface area contributed by atoms with E-state index < -0.39 is 4.92 Å². The Labute approximate surface area is 85.8 Å². The standard InChI is InChI=1S/C9H8N2O4/c1-14-8-3-6(11(12)13)4-9(15-2)7(8)5-10/h3-4H,1-2H3. The third-order valence-corrected chi connectivity index (χ3v) is 1.81. The molecule has 0 N–H and O–H groups in total. The molecule has 0 bridgehead atoms. The maximum atomic E-state index is 10.5. The predicted octanol–water partition coefficient (Wildman–Crippen LogP) is 1.48. The van der Waals surface area contributed by atoms with Gasteiger partial charge in [0.25, 0.3) is 5.69 Å². The van der Waals surface area contributed by atoms with Crippen LogP contribution in [0.4, 0.5) is 5.69 Å². The molecular formula is C9H8N2O4. The van der Waals surface area contributed by atoms with Crippen molar-refractivity contribution in [3.8, 4) is 17.6 Å². The Hall–Kier alpha value is -2.29. The highest BCUT2D eigenvalue weighted by Gasteiger charge is 2.17. The number of nitriles is 1. The first kappa shape index (κ1) is 10.8. The van der Waals surface area contributed by atoms with Crippen LogP contribution in [0.3, 0.4) is 0 Å². The molecule has 78 valence electrons. The van der Waals surface area contributed by atoms with Gasteiger partial charge in [0.15, 0.2) is 0 Å². The molecule has 0 aliphatic heterocycles. The molecule has 0 aliphatic carbocycles. The van der Waals surface area contributed by atoms with Gasteiger partial charge in [0.05, 0.1) is 31.3 Å². The summed E-state index contributed by atoms with van der Waals surface area (Å²) in [6.45, 7) is 0. The average molecular weight is 208 g/mol. The van der Waals surface area contributed by atoms with E-state index in [0.29, 0.717) is 0 Å². The number of nitro benzene ring substituents is 1. The molecular weight excluding hydrogens is 200 g/mol. The molecule has 0 aromatic heterocycles. The van der Waals surface area contributed by atoms with Crippen molar-refractivity contribution < 1.29 is 14.4 Å². The molecule has 0 saturated heterocycles. The Morgan fingerprint density at radius 1 is 1.33 bits per heavy atom. The van der Waals surface area contributed by atoms with Gasteiger partial charge in [-0.2, -0.15) is 5.26 Å². The lowest BCUT2D eigenvalue weighted by Crippen LogP contribution is -1.96. The summed E-state index contributed by atoms with van der Waals surface area (Å²) in [5, 5.41) is 19.4. The number of hydrogen-bond donors (Lipinski definition) is 0. The van der Waals surface area contributed by atoms with E-state index in [4.69, 9.17) is 14.7 Å². The lowest BCUT2D eigenvalue weighted by Gasteiger charge is -2.06. The molecule has 0 fully saturated rings. The van der Waals surface area contributed by atoms with E-state index >= 15 is 0 Å². The van der Waals surface area contributed by atoms with Gasteiger partial charge in [0.1, 0.15) is 23.1 Å². The van der Waals surface area contributed by atoms with E-state index in [-0.39, 0.29) is 22.7 Å². The Morgan fingerprint density at radius 3 is 2.07 bits per heavy atom. The fraction of sp³-hybridized carbons (Fsp3) is 0.222. The Balaban J connectivity index is 3.44. The topological polar surface area (TPSA) is 85.4 Å². The molecule has 6 nitrogen and oxygen atoms in total. The van der Waals surface area contributed by atoms with Gasteiger partial charge in [-0.05, 0) is 0 Å². The SMILES string of the molecule is COc1cc([N+](=O)[O-])cc(OC)c1C#N. The second-order valence-electron chi connectivity index (χ2n) is 2.59. The summed E-state index contributed by atoms with van der Waals surface area (Å²) in [5.74, 6) is 0.257. The maximum Gasteiger partial charge on any atom is 0.276 e. The zero-order valence-corrected chi connectivity index (χ0v) is 8.18. The summed E-state index contributed by atoms with van der Waals surface area (Å²) in [5.41, 5.74) is -0.0340. The van der Waals surface area contributed by atoms with Crippen LogP contribution >= 0.6 is 0 Å². The summed E-state index contributed by atoms with van der Waals surface area (Å²) in [7, 11) is 2.67. The Bertz CT molecular complexity index is 411. The van der Waals surface area contributed by atoms with E-state index in [9.17, 15) is 10.1 Å². The van der Waals surface area contributed by atoms with E-state index in [1.807, 2.05) is 6.07 Å². The molecule has 0 radical (unpaired) electrons. The lowest BCUT2D eigenvalue weighted by atomic mass is 10.1. The van der Waals surface area contributed by atoms with Crippen LogP contribution in [0.1, 0.15) is 5.56 Å². The highest BCUT2D eigenvalue weighted by Crippen LogP contribution is 2.32. The van der Waals surface area contributed by atoms with Crippen LogP contribution in [0.25, 0.3) is 0 Å². The Morgan fingerprint density at radius 2 is 1.80 bits per heavy atom. The normalized spacial score (nSPS) is 9.13. The summed E-state index contributed by atoms with van der Waals surface area (Å²) in [6.07, 6.45) is 0. The molecule has 0 aliphatic rings. The second-order valence-corrected chi connectivity index (χ2v) is 2.59. The Kier molecular flexibility index (Phi) is 3.08. The minimum absolute atomic E-state index is 0.128. The predicted molar refractivity (Wildman–Crippen MR) is 50.9 cm³/mol. The van der Waals surface area contributed by atoms with Crippen LogP contribution in [0.2, 0.25) is 0 Å². The number of ether oxygens (including phenoxy) is 2. The minimum atomic E-state index is -0.577. The van der Waals surface area contributed by atoms with Gasteiger partial charge in [-0.15, -0.1) is 0 Å². The van der Waals surface area contributed by atoms with Gasteiger partial charge in [0.2, 0.25) is 0 Å². The number of methoxy groups -OCH3 is 2. The highest BCUT2D eigenvalue weighted by molar-refractivity contribution is 5.58. The van der Waals surface area contributed by atoms with E-state index in [2.05, 4.69) is 0 Å². The second kappa shape index (κ2) is 4.28. The first-order chi connectivity index (χ1) is 7.13. The summed E-state index contributed by atoms with van der Waals surface area (Å²) in [4.78, 5) is 9.97. The van der Waals surface area contributed by atoms with Crippen molar-refractivity contribution in [1.82, 2.24) is 0 Å². The number of nitro groups is 1. The first-order valence-corrected chi connectivity index (χ1v) is 3.94. The molecule has 0 heterocycles. The summed E-state index contributed by atoms with van der Waals surface area (Å²) in [6, 6.07) is 4.22. The van der Waals surface area contributed by atoms with Crippen LogP contribution < -0.4 is 9.47 Å². The van der Waals surface area contributed by atoms with Crippen molar-refractivity contribution in [2.75, 3.05) is 14.2 Å². The number of hydrogen-bond acceptors (Lipinski definition) is 5. The van der Waals surface area contributed by atoms with Crippen LogP contribution in [-0.2, 0) is 0 Å². The number of nitrogens with zero attached hydrogens (tertiary/aromatic N) is 2. The molecule has 1 rings (SSSR count). The minimum Gasteiger partial charge on any atom is -0.495 e. The average Bonchev–Trinajstić information content (AvgIpc) is 2.26. The zero-order chi connectivity index (χ0) is 11.4. The van der Waals surface area contributed by atoms with E-state index in [1.54, 1.807) is 0 Å². The van der Waals surface area contributed by atoms with E-state index in [0.717, 1.165) is 0 Å². The maximum absolute atomic E-state index is 10.5. The molecule has 0 unspecified atom stereocenters. The molecule has 0 atom stereocenters. The number of benzene rings is 1. The summed E-state index contributed by atoms with van der Waals surface area (Å²) < 4.78 is 9.73. The van der Waals surface area contributed by atoms with Crippen molar-refractivity contribution in [3.63, 3.8) is 0 Å². The van der Waals surface area contributed by atoms with Gasteiger partial charge in [-0.3, -0.25) is 10.1 Å². The van der Waals surface area contributed by atoms with Crippen LogP contribution in [0.5, 0.6) is 11.5 Å². The molecule has 0 saturated carbocycles. The monoisotopic (exact) mass is 208 g/mol. The van der Waals surface area contributed by atoms with Crippen LogP contribution in [0.15, 0.2) is 12.1 Å². The summed E-state index contributed by atoms with van der Waals surface area (Å²) >= 11 is 0. The van der Waals surface area contributed by atoms with Crippen LogP contribution in [-0.4, -0.2) is 19.1 Å². The quantitative estimate of drug-likeness (QED) is 0.554. The first-order valence-electron chi connectivity index (χ1n) is 3.94. The van der Waals surface area contributed by atoms with Crippen molar-refractivity contribution in [1.29, 1.82) is 5.26 Å². The van der Waals surface area contributed by atoms with Gasteiger partial charge >= 0.3 is 0 Å². The molecule has 6 heteroatoms. The molecule has 0 amide bonds. The third kappa shape index (κ3) is 1.96. The molecule has 0 spiro atoms. The fourth-order valence-corrected chi connectivity index (χ4v) is 1.11. The molecule has 1 aromatic carbocycles. The van der Waals surface area contributed by atoms with Crippen LogP contribution in [0, 0.1) is 21.4 Å². The number of rotatable bonds is 3. The highest BCUT2D eigenvalue weighted by atomic mass is 16.6. The molecule has 1 aromatic rings. The largest absolute Gasteiger partial charge is 0.495 e. The molecule has 15 heavy (non-hydrogen) atoms. The van der Waals surface area contributed by atoms with Gasteiger partial charge in [-0.25, -0.2) is 0 Å².